The average Bonchev–Trinajstić information content (AvgIpc) is 2.68. The molecule has 0 atom stereocenters. The SMILES string of the molecule is Cc1c(C(N)=O)c(-c2cccc(F)c2)c(C)n1CCCO. The van der Waals surface area contributed by atoms with Gasteiger partial charge in [0.25, 0.3) is 5.91 Å². The van der Waals surface area contributed by atoms with Crippen LogP contribution >= 0.6 is 0 Å². The van der Waals surface area contributed by atoms with Gasteiger partial charge in [0.2, 0.25) is 0 Å². The van der Waals surface area contributed by atoms with Gasteiger partial charge < -0.3 is 15.4 Å². The second kappa shape index (κ2) is 6.10. The van der Waals surface area contributed by atoms with Crippen LogP contribution in [0.2, 0.25) is 0 Å². The van der Waals surface area contributed by atoms with E-state index in [0.29, 0.717) is 29.7 Å². The van der Waals surface area contributed by atoms with Crippen LogP contribution in [0.25, 0.3) is 11.1 Å². The summed E-state index contributed by atoms with van der Waals surface area (Å²) in [6.07, 6.45) is 0.581. The Hall–Kier alpha value is -2.14. The van der Waals surface area contributed by atoms with Crippen molar-refractivity contribution in [1.82, 2.24) is 4.57 Å². The van der Waals surface area contributed by atoms with E-state index in [9.17, 15) is 9.18 Å². The molecule has 0 aliphatic rings. The zero-order valence-electron chi connectivity index (χ0n) is 12.2. The highest BCUT2D eigenvalue weighted by molar-refractivity contribution is 6.02. The fraction of sp³-hybridized carbons (Fsp3) is 0.312. The first-order valence-electron chi connectivity index (χ1n) is 6.83. The van der Waals surface area contributed by atoms with Gasteiger partial charge in [-0.05, 0) is 38.0 Å². The summed E-state index contributed by atoms with van der Waals surface area (Å²) in [4.78, 5) is 11.8. The van der Waals surface area contributed by atoms with Crippen LogP contribution in [0.15, 0.2) is 24.3 Å². The summed E-state index contributed by atoms with van der Waals surface area (Å²) >= 11 is 0. The number of carbonyl (C=O) groups excluding carboxylic acids is 1. The molecular formula is C16H19FN2O2. The van der Waals surface area contributed by atoms with Gasteiger partial charge in [-0.1, -0.05) is 12.1 Å². The Bertz CT molecular complexity index is 677. The van der Waals surface area contributed by atoms with E-state index in [1.807, 2.05) is 18.4 Å². The number of hydrogen-bond donors (Lipinski definition) is 2. The van der Waals surface area contributed by atoms with Crippen molar-refractivity contribution in [2.45, 2.75) is 26.8 Å². The van der Waals surface area contributed by atoms with Crippen molar-refractivity contribution in [2.24, 2.45) is 5.73 Å². The minimum atomic E-state index is -0.530. The van der Waals surface area contributed by atoms with Crippen LogP contribution in [0.1, 0.15) is 28.2 Å². The molecule has 0 radical (unpaired) electrons. The van der Waals surface area contributed by atoms with Crippen molar-refractivity contribution in [3.05, 3.63) is 47.0 Å². The highest BCUT2D eigenvalue weighted by Crippen LogP contribution is 2.32. The lowest BCUT2D eigenvalue weighted by Crippen LogP contribution is -2.13. The normalized spacial score (nSPS) is 10.9. The Morgan fingerprint density at radius 3 is 2.62 bits per heavy atom. The lowest BCUT2D eigenvalue weighted by Gasteiger charge is -2.08. The van der Waals surface area contributed by atoms with E-state index in [4.69, 9.17) is 10.8 Å². The number of aliphatic hydroxyl groups excluding tert-OH is 1. The Morgan fingerprint density at radius 1 is 1.33 bits per heavy atom. The highest BCUT2D eigenvalue weighted by Gasteiger charge is 2.22. The van der Waals surface area contributed by atoms with Gasteiger partial charge in [0.1, 0.15) is 5.82 Å². The molecule has 0 unspecified atom stereocenters. The molecule has 0 saturated carbocycles. The van der Waals surface area contributed by atoms with Crippen LogP contribution in [0.5, 0.6) is 0 Å². The molecule has 2 rings (SSSR count). The molecule has 1 aromatic heterocycles. The Morgan fingerprint density at radius 2 is 2.05 bits per heavy atom. The molecule has 0 fully saturated rings. The second-order valence-electron chi connectivity index (χ2n) is 5.02. The number of rotatable bonds is 5. The van der Waals surface area contributed by atoms with Crippen LogP contribution in [-0.4, -0.2) is 22.2 Å². The van der Waals surface area contributed by atoms with Crippen LogP contribution in [-0.2, 0) is 6.54 Å². The highest BCUT2D eigenvalue weighted by atomic mass is 19.1. The fourth-order valence-corrected chi connectivity index (χ4v) is 2.75. The third-order valence-electron chi connectivity index (χ3n) is 3.68. The van der Waals surface area contributed by atoms with Crippen molar-refractivity contribution in [1.29, 1.82) is 0 Å². The summed E-state index contributed by atoms with van der Waals surface area (Å²) < 4.78 is 15.4. The predicted octanol–water partition coefficient (Wildman–Crippen LogP) is 2.39. The van der Waals surface area contributed by atoms with E-state index < -0.39 is 5.91 Å². The third-order valence-corrected chi connectivity index (χ3v) is 3.68. The maximum atomic E-state index is 13.5. The van der Waals surface area contributed by atoms with Gasteiger partial charge in [-0.3, -0.25) is 4.79 Å². The first kappa shape index (κ1) is 15.3. The zero-order valence-corrected chi connectivity index (χ0v) is 12.2. The molecule has 0 aliphatic heterocycles. The number of aliphatic hydroxyl groups is 1. The van der Waals surface area contributed by atoms with E-state index in [1.165, 1.54) is 12.1 Å². The minimum absolute atomic E-state index is 0.0677. The third kappa shape index (κ3) is 2.83. The topological polar surface area (TPSA) is 68.2 Å². The fourth-order valence-electron chi connectivity index (χ4n) is 2.75. The summed E-state index contributed by atoms with van der Waals surface area (Å²) in [5, 5.41) is 8.99. The van der Waals surface area contributed by atoms with Crippen LogP contribution in [0, 0.1) is 19.7 Å². The molecule has 3 N–H and O–H groups in total. The van der Waals surface area contributed by atoms with Crippen LogP contribution in [0.4, 0.5) is 4.39 Å². The smallest absolute Gasteiger partial charge is 0.251 e. The Kier molecular flexibility index (Phi) is 4.43. The molecule has 1 heterocycles. The van der Waals surface area contributed by atoms with E-state index in [1.54, 1.807) is 12.1 Å². The van der Waals surface area contributed by atoms with E-state index in [-0.39, 0.29) is 12.4 Å². The number of halogens is 1. The van der Waals surface area contributed by atoms with Crippen molar-refractivity contribution in [3.63, 3.8) is 0 Å². The molecule has 0 saturated heterocycles. The number of amides is 1. The summed E-state index contributed by atoms with van der Waals surface area (Å²) in [6, 6.07) is 6.12. The number of primary amides is 1. The van der Waals surface area contributed by atoms with Gasteiger partial charge in [-0.2, -0.15) is 0 Å². The molecule has 21 heavy (non-hydrogen) atoms. The van der Waals surface area contributed by atoms with E-state index in [0.717, 1.165) is 11.4 Å². The van der Waals surface area contributed by atoms with Gasteiger partial charge in [-0.15, -0.1) is 0 Å². The molecule has 1 amide bonds. The molecule has 2 aromatic rings. The van der Waals surface area contributed by atoms with Crippen molar-refractivity contribution in [2.75, 3.05) is 6.61 Å². The van der Waals surface area contributed by atoms with Gasteiger partial charge >= 0.3 is 0 Å². The molecule has 0 bridgehead atoms. The quantitative estimate of drug-likeness (QED) is 0.887. The molecule has 0 spiro atoms. The monoisotopic (exact) mass is 290 g/mol. The lowest BCUT2D eigenvalue weighted by atomic mass is 10.00. The summed E-state index contributed by atoms with van der Waals surface area (Å²) in [6.45, 7) is 4.34. The number of carbonyl (C=O) groups is 1. The zero-order chi connectivity index (χ0) is 15.6. The van der Waals surface area contributed by atoms with Crippen LogP contribution < -0.4 is 5.73 Å². The van der Waals surface area contributed by atoms with Gasteiger partial charge in [0.05, 0.1) is 5.56 Å². The summed E-state index contributed by atoms with van der Waals surface area (Å²) in [5.41, 5.74) is 8.81. The summed E-state index contributed by atoms with van der Waals surface area (Å²) in [5.74, 6) is -0.888. The number of aromatic nitrogens is 1. The van der Waals surface area contributed by atoms with Crippen molar-refractivity contribution < 1.29 is 14.3 Å². The predicted molar refractivity (Wildman–Crippen MR) is 79.5 cm³/mol. The standard InChI is InChI=1S/C16H19FN2O2/c1-10-14(12-5-3-6-13(17)9-12)15(16(18)21)11(2)19(10)7-4-8-20/h3,5-6,9,20H,4,7-8H2,1-2H3,(H2,18,21). The lowest BCUT2D eigenvalue weighted by molar-refractivity contribution is 0.1000. The molecule has 1 aromatic carbocycles. The van der Waals surface area contributed by atoms with Crippen LogP contribution in [0.3, 0.4) is 0 Å². The molecular weight excluding hydrogens is 271 g/mol. The van der Waals surface area contributed by atoms with Gasteiger partial charge in [-0.25, -0.2) is 4.39 Å². The molecule has 112 valence electrons. The largest absolute Gasteiger partial charge is 0.396 e. The minimum Gasteiger partial charge on any atom is -0.396 e. The Labute approximate surface area is 123 Å². The van der Waals surface area contributed by atoms with E-state index in [2.05, 4.69) is 0 Å². The first-order valence-corrected chi connectivity index (χ1v) is 6.83. The molecule has 4 nitrogen and oxygen atoms in total. The van der Waals surface area contributed by atoms with Crippen molar-refractivity contribution in [3.8, 4) is 11.1 Å². The average molecular weight is 290 g/mol. The van der Waals surface area contributed by atoms with Gasteiger partial charge in [0.15, 0.2) is 0 Å². The maximum absolute atomic E-state index is 13.5. The maximum Gasteiger partial charge on any atom is 0.251 e. The first-order chi connectivity index (χ1) is 9.97. The number of nitrogens with zero attached hydrogens (tertiary/aromatic N) is 1. The Balaban J connectivity index is 2.66. The number of nitrogens with two attached hydrogens (primary N) is 1. The number of hydrogen-bond acceptors (Lipinski definition) is 2. The second-order valence-corrected chi connectivity index (χ2v) is 5.02. The summed E-state index contributed by atoms with van der Waals surface area (Å²) in [7, 11) is 0. The molecule has 0 aliphatic carbocycles. The van der Waals surface area contributed by atoms with E-state index >= 15 is 0 Å². The van der Waals surface area contributed by atoms with Gasteiger partial charge in [0, 0.05) is 30.1 Å². The van der Waals surface area contributed by atoms with Crippen molar-refractivity contribution >= 4 is 5.91 Å². The molecule has 5 heteroatoms. The number of benzene rings is 1.